The Hall–Kier alpha value is -2.01. The maximum Gasteiger partial charge on any atom is 0.426 e. The number of nitrogens with one attached hydrogen (secondary N) is 2. The average Bonchev–Trinajstić information content (AvgIpc) is 2.44. The molecule has 2 aromatic carbocycles. The number of hydrogen-bond donors (Lipinski definition) is 2. The van der Waals surface area contributed by atoms with Crippen LogP contribution in [0.1, 0.15) is 5.56 Å². The number of carbonyl (C=O) groups excluding carboxylic acids is 1. The average molecular weight is 321 g/mol. The molecule has 0 heterocycles. The van der Waals surface area contributed by atoms with Gasteiger partial charge in [0.2, 0.25) is 0 Å². The molecule has 0 aliphatic rings. The smallest absolute Gasteiger partial charge is 0.426 e. The second kappa shape index (κ2) is 6.80. The van der Waals surface area contributed by atoms with Crippen molar-refractivity contribution in [2.45, 2.75) is 6.61 Å². The number of carbonyl (C=O) groups is 1. The van der Waals surface area contributed by atoms with Gasteiger partial charge in [0, 0.05) is 4.47 Å². The molecular formula is C14H13BrN2O2. The Kier molecular flexibility index (Phi) is 4.80. The van der Waals surface area contributed by atoms with Crippen LogP contribution in [0.25, 0.3) is 0 Å². The van der Waals surface area contributed by atoms with E-state index in [0.717, 1.165) is 15.7 Å². The summed E-state index contributed by atoms with van der Waals surface area (Å²) in [6.07, 6.45) is -0.524. The highest BCUT2D eigenvalue weighted by molar-refractivity contribution is 9.10. The number of rotatable bonds is 4. The summed E-state index contributed by atoms with van der Waals surface area (Å²) in [5.74, 6) is 0. The Labute approximate surface area is 119 Å². The zero-order valence-corrected chi connectivity index (χ0v) is 11.7. The molecule has 2 N–H and O–H groups in total. The van der Waals surface area contributed by atoms with E-state index in [0.29, 0.717) is 0 Å². The van der Waals surface area contributed by atoms with E-state index in [2.05, 4.69) is 26.8 Å². The third-order valence-corrected chi connectivity index (χ3v) is 2.84. The van der Waals surface area contributed by atoms with Gasteiger partial charge in [-0.1, -0.05) is 52.3 Å². The van der Waals surface area contributed by atoms with Crippen LogP contribution in [0.3, 0.4) is 0 Å². The lowest BCUT2D eigenvalue weighted by Gasteiger charge is -2.09. The van der Waals surface area contributed by atoms with E-state index >= 15 is 0 Å². The first kappa shape index (κ1) is 13.4. The van der Waals surface area contributed by atoms with Crippen LogP contribution in [0.15, 0.2) is 59.1 Å². The monoisotopic (exact) mass is 320 g/mol. The first-order valence-corrected chi connectivity index (χ1v) is 6.51. The summed E-state index contributed by atoms with van der Waals surface area (Å²) in [5.41, 5.74) is 6.95. The molecule has 0 unspecified atom stereocenters. The Balaban J connectivity index is 1.76. The highest BCUT2D eigenvalue weighted by Crippen LogP contribution is 2.14. The second-order valence-corrected chi connectivity index (χ2v) is 4.74. The van der Waals surface area contributed by atoms with E-state index in [-0.39, 0.29) is 6.61 Å². The summed E-state index contributed by atoms with van der Waals surface area (Å²) in [5, 5.41) is 0. The first-order chi connectivity index (χ1) is 9.24. The number of hydrazine groups is 1. The molecule has 0 aromatic heterocycles. The van der Waals surface area contributed by atoms with Crippen molar-refractivity contribution in [2.75, 3.05) is 5.43 Å². The van der Waals surface area contributed by atoms with Crippen molar-refractivity contribution < 1.29 is 9.53 Å². The van der Waals surface area contributed by atoms with Gasteiger partial charge in [-0.15, -0.1) is 0 Å². The molecule has 0 bridgehead atoms. The van der Waals surface area contributed by atoms with Crippen LogP contribution in [-0.4, -0.2) is 6.09 Å². The highest BCUT2D eigenvalue weighted by Gasteiger charge is 2.01. The first-order valence-electron chi connectivity index (χ1n) is 5.72. The number of benzene rings is 2. The Bertz CT molecular complexity index is 546. The predicted octanol–water partition coefficient (Wildman–Crippen LogP) is 3.70. The standard InChI is InChI=1S/C14H13BrN2O2/c15-12-7-4-8-13(9-12)16-17-14(18)19-10-11-5-2-1-3-6-11/h1-9,16H,10H2,(H,17,18). The summed E-state index contributed by atoms with van der Waals surface area (Å²) >= 11 is 3.35. The van der Waals surface area contributed by atoms with E-state index in [1.165, 1.54) is 0 Å². The van der Waals surface area contributed by atoms with E-state index in [1.54, 1.807) is 0 Å². The van der Waals surface area contributed by atoms with Crippen LogP contribution in [0, 0.1) is 0 Å². The molecule has 2 rings (SSSR count). The molecule has 0 aliphatic carbocycles. The molecule has 0 saturated carbocycles. The van der Waals surface area contributed by atoms with Gasteiger partial charge >= 0.3 is 6.09 Å². The molecule has 5 heteroatoms. The summed E-state index contributed by atoms with van der Waals surface area (Å²) in [6.45, 7) is 0.243. The molecule has 2 aromatic rings. The SMILES string of the molecule is O=C(NNc1cccc(Br)c1)OCc1ccccc1. The van der Waals surface area contributed by atoms with Crippen LogP contribution in [-0.2, 0) is 11.3 Å². The van der Waals surface area contributed by atoms with Gasteiger partial charge in [0.1, 0.15) is 6.61 Å². The lowest BCUT2D eigenvalue weighted by Crippen LogP contribution is -2.29. The van der Waals surface area contributed by atoms with Crippen molar-refractivity contribution in [1.29, 1.82) is 0 Å². The van der Waals surface area contributed by atoms with Crippen LogP contribution < -0.4 is 10.9 Å². The van der Waals surface area contributed by atoms with Crippen molar-refractivity contribution in [3.63, 3.8) is 0 Å². The Morgan fingerprint density at radius 3 is 2.63 bits per heavy atom. The molecule has 0 spiro atoms. The fourth-order valence-electron chi connectivity index (χ4n) is 1.45. The molecule has 98 valence electrons. The Morgan fingerprint density at radius 1 is 1.11 bits per heavy atom. The van der Waals surface area contributed by atoms with Gasteiger partial charge in [-0.3, -0.25) is 5.43 Å². The minimum absolute atomic E-state index is 0.243. The minimum atomic E-state index is -0.524. The second-order valence-electron chi connectivity index (χ2n) is 3.82. The van der Waals surface area contributed by atoms with Gasteiger partial charge in [0.25, 0.3) is 0 Å². The van der Waals surface area contributed by atoms with E-state index in [1.807, 2.05) is 54.6 Å². The van der Waals surface area contributed by atoms with Crippen molar-refractivity contribution >= 4 is 27.7 Å². The van der Waals surface area contributed by atoms with Gasteiger partial charge in [-0.2, -0.15) is 0 Å². The Morgan fingerprint density at radius 2 is 1.89 bits per heavy atom. The minimum Gasteiger partial charge on any atom is -0.443 e. The number of hydrogen-bond acceptors (Lipinski definition) is 3. The van der Waals surface area contributed by atoms with E-state index in [9.17, 15) is 4.79 Å². The number of halogens is 1. The van der Waals surface area contributed by atoms with Crippen molar-refractivity contribution in [1.82, 2.24) is 5.43 Å². The lowest BCUT2D eigenvalue weighted by atomic mass is 10.2. The fourth-order valence-corrected chi connectivity index (χ4v) is 1.85. The quantitative estimate of drug-likeness (QED) is 0.844. The number of amides is 1. The lowest BCUT2D eigenvalue weighted by molar-refractivity contribution is 0.142. The molecule has 0 fully saturated rings. The van der Waals surface area contributed by atoms with Crippen molar-refractivity contribution in [3.8, 4) is 0 Å². The van der Waals surface area contributed by atoms with Gasteiger partial charge in [0.15, 0.2) is 0 Å². The molecule has 4 nitrogen and oxygen atoms in total. The van der Waals surface area contributed by atoms with Crippen LogP contribution >= 0.6 is 15.9 Å². The maximum absolute atomic E-state index is 11.5. The van der Waals surface area contributed by atoms with Gasteiger partial charge in [0.05, 0.1) is 5.69 Å². The largest absolute Gasteiger partial charge is 0.443 e. The summed E-state index contributed by atoms with van der Waals surface area (Å²) in [4.78, 5) is 11.5. The topological polar surface area (TPSA) is 50.4 Å². The maximum atomic E-state index is 11.5. The zero-order chi connectivity index (χ0) is 13.5. The van der Waals surface area contributed by atoms with E-state index < -0.39 is 6.09 Å². The molecule has 0 saturated heterocycles. The predicted molar refractivity (Wildman–Crippen MR) is 77.5 cm³/mol. The highest BCUT2D eigenvalue weighted by atomic mass is 79.9. The van der Waals surface area contributed by atoms with Crippen LogP contribution in [0.4, 0.5) is 10.5 Å². The molecule has 0 atom stereocenters. The molecular weight excluding hydrogens is 308 g/mol. The van der Waals surface area contributed by atoms with Crippen molar-refractivity contribution in [2.24, 2.45) is 0 Å². The summed E-state index contributed by atoms with van der Waals surface area (Å²) in [6, 6.07) is 17.0. The number of ether oxygens (including phenoxy) is 1. The molecule has 0 radical (unpaired) electrons. The fraction of sp³-hybridized carbons (Fsp3) is 0.0714. The third-order valence-electron chi connectivity index (χ3n) is 2.35. The zero-order valence-electron chi connectivity index (χ0n) is 10.1. The van der Waals surface area contributed by atoms with Gasteiger partial charge in [-0.25, -0.2) is 10.2 Å². The summed E-state index contributed by atoms with van der Waals surface area (Å²) in [7, 11) is 0. The van der Waals surface area contributed by atoms with Crippen molar-refractivity contribution in [3.05, 3.63) is 64.6 Å². The third kappa shape index (κ3) is 4.63. The van der Waals surface area contributed by atoms with Crippen LogP contribution in [0.2, 0.25) is 0 Å². The molecule has 19 heavy (non-hydrogen) atoms. The normalized spacial score (nSPS) is 9.74. The van der Waals surface area contributed by atoms with E-state index in [4.69, 9.17) is 4.74 Å². The molecule has 0 aliphatic heterocycles. The van der Waals surface area contributed by atoms with Gasteiger partial charge < -0.3 is 4.74 Å². The summed E-state index contributed by atoms with van der Waals surface area (Å²) < 4.78 is 5.98. The van der Waals surface area contributed by atoms with Gasteiger partial charge in [-0.05, 0) is 23.8 Å². The number of anilines is 1. The van der Waals surface area contributed by atoms with Crippen LogP contribution in [0.5, 0.6) is 0 Å². The molecule has 1 amide bonds.